The van der Waals surface area contributed by atoms with Crippen LogP contribution in [0.3, 0.4) is 0 Å². The molecule has 0 saturated heterocycles. The monoisotopic (exact) mass is 512 g/mol. The number of aromatic nitrogens is 3. The van der Waals surface area contributed by atoms with E-state index >= 15 is 0 Å². The summed E-state index contributed by atoms with van der Waals surface area (Å²) in [5.74, 6) is 1.51. The highest BCUT2D eigenvalue weighted by atomic mass is 19.4. The molecule has 0 fully saturated rings. The number of nitrogens with one attached hydrogen (secondary N) is 1. The van der Waals surface area contributed by atoms with Gasteiger partial charge in [0.2, 0.25) is 0 Å². The number of carbonyl (C=O) groups is 1. The number of hydrogen-bond donors (Lipinski definition) is 1. The van der Waals surface area contributed by atoms with Crippen molar-refractivity contribution in [2.45, 2.75) is 65.2 Å². The van der Waals surface area contributed by atoms with Gasteiger partial charge in [0.25, 0.3) is 0 Å². The van der Waals surface area contributed by atoms with E-state index < -0.39 is 11.7 Å². The van der Waals surface area contributed by atoms with Gasteiger partial charge < -0.3 is 14.6 Å². The highest BCUT2D eigenvalue weighted by Gasteiger charge is 2.30. The quantitative estimate of drug-likeness (QED) is 0.345. The first-order chi connectivity index (χ1) is 17.7. The Balaban J connectivity index is 1.50. The number of nitrogens with zero attached hydrogens (tertiary/aromatic N) is 3. The van der Waals surface area contributed by atoms with Crippen LogP contribution in [-0.2, 0) is 28.8 Å². The topological polar surface area (TPSA) is 69.0 Å². The highest BCUT2D eigenvalue weighted by molar-refractivity contribution is 5.89. The van der Waals surface area contributed by atoms with Crippen LogP contribution < -0.4 is 5.32 Å². The van der Waals surface area contributed by atoms with E-state index in [2.05, 4.69) is 33.9 Å². The van der Waals surface area contributed by atoms with Crippen molar-refractivity contribution in [1.29, 1.82) is 0 Å². The number of hydrogen-bond acceptors (Lipinski definition) is 5. The fraction of sp³-hybridized carbons (Fsp3) is 0.393. The van der Waals surface area contributed by atoms with E-state index in [9.17, 15) is 18.0 Å². The number of ether oxygens (including phenoxy) is 1. The highest BCUT2D eigenvalue weighted by Crippen LogP contribution is 2.31. The number of esters is 1. The van der Waals surface area contributed by atoms with Crippen molar-refractivity contribution in [3.63, 3.8) is 0 Å². The van der Waals surface area contributed by atoms with Crippen LogP contribution in [0.4, 0.5) is 13.2 Å². The first-order valence-electron chi connectivity index (χ1n) is 12.5. The molecular formula is C28H31F3N4O2. The lowest BCUT2D eigenvalue weighted by Gasteiger charge is -2.15. The van der Waals surface area contributed by atoms with Gasteiger partial charge in [-0.05, 0) is 55.0 Å². The Morgan fingerprint density at radius 2 is 1.68 bits per heavy atom. The second-order valence-corrected chi connectivity index (χ2v) is 9.37. The average Bonchev–Trinajstić information content (AvgIpc) is 3.50. The molecule has 0 aliphatic heterocycles. The van der Waals surface area contributed by atoms with Crippen molar-refractivity contribution in [2.75, 3.05) is 6.61 Å². The number of allylic oxidation sites excluding steroid dienone is 1. The molecule has 37 heavy (non-hydrogen) atoms. The molecule has 1 aliphatic carbocycles. The fourth-order valence-electron chi connectivity index (χ4n) is 4.48. The van der Waals surface area contributed by atoms with Gasteiger partial charge in [-0.2, -0.15) is 13.2 Å². The summed E-state index contributed by atoms with van der Waals surface area (Å²) >= 11 is 0. The summed E-state index contributed by atoms with van der Waals surface area (Å²) in [5.41, 5.74) is 3.53. The second-order valence-electron chi connectivity index (χ2n) is 9.37. The van der Waals surface area contributed by atoms with Crippen molar-refractivity contribution in [1.82, 2.24) is 20.1 Å². The van der Waals surface area contributed by atoms with Crippen LogP contribution >= 0.6 is 0 Å². The Kier molecular flexibility index (Phi) is 8.00. The Hall–Kier alpha value is -3.62. The van der Waals surface area contributed by atoms with E-state index in [0.29, 0.717) is 31.7 Å². The first-order valence-corrected chi connectivity index (χ1v) is 12.5. The van der Waals surface area contributed by atoms with E-state index in [0.717, 1.165) is 59.0 Å². The number of alkyl halides is 3. The number of benzene rings is 2. The number of halogens is 3. The second kappa shape index (κ2) is 11.2. The predicted molar refractivity (Wildman–Crippen MR) is 134 cm³/mol. The van der Waals surface area contributed by atoms with Gasteiger partial charge in [0.1, 0.15) is 5.82 Å². The molecule has 1 heterocycles. The molecule has 196 valence electrons. The van der Waals surface area contributed by atoms with Crippen LogP contribution in [0.1, 0.15) is 68.7 Å². The maximum absolute atomic E-state index is 12.9. The summed E-state index contributed by atoms with van der Waals surface area (Å²) in [5, 5.41) is 12.2. The first kappa shape index (κ1) is 26.4. The van der Waals surface area contributed by atoms with Gasteiger partial charge in [0, 0.05) is 11.6 Å². The minimum absolute atomic E-state index is 0.161. The zero-order chi connectivity index (χ0) is 26.6. The molecule has 2 aromatic carbocycles. The smallest absolute Gasteiger partial charge is 0.416 e. The SMILES string of the molecule is CCOC(=O)C1=C(NCc2nnc(C(C)C)n2Cc2ccc(-c3ccc(C(F)(F)F)cc3)cc2)CCC1. The van der Waals surface area contributed by atoms with Gasteiger partial charge in [-0.3, -0.25) is 0 Å². The van der Waals surface area contributed by atoms with Crippen molar-refractivity contribution >= 4 is 5.97 Å². The minimum atomic E-state index is -4.35. The van der Waals surface area contributed by atoms with E-state index in [4.69, 9.17) is 4.74 Å². The maximum atomic E-state index is 12.9. The maximum Gasteiger partial charge on any atom is 0.416 e. The average molecular weight is 513 g/mol. The molecule has 6 nitrogen and oxygen atoms in total. The Morgan fingerprint density at radius 3 is 2.27 bits per heavy atom. The normalized spacial score (nSPS) is 13.9. The molecule has 0 atom stereocenters. The lowest BCUT2D eigenvalue weighted by atomic mass is 10.0. The minimum Gasteiger partial charge on any atom is -0.463 e. The van der Waals surface area contributed by atoms with Crippen molar-refractivity contribution in [3.05, 3.63) is 82.6 Å². The van der Waals surface area contributed by atoms with Gasteiger partial charge >= 0.3 is 12.1 Å². The Bertz CT molecular complexity index is 1260. The molecule has 3 aromatic rings. The summed E-state index contributed by atoms with van der Waals surface area (Å²) in [6, 6.07) is 12.9. The summed E-state index contributed by atoms with van der Waals surface area (Å²) in [6.45, 7) is 7.25. The molecule has 0 radical (unpaired) electrons. The molecule has 1 N–H and O–H groups in total. The van der Waals surface area contributed by atoms with Crippen molar-refractivity contribution < 1.29 is 22.7 Å². The zero-order valence-electron chi connectivity index (χ0n) is 21.2. The third-order valence-electron chi connectivity index (χ3n) is 6.41. The molecule has 1 aliphatic rings. The zero-order valence-corrected chi connectivity index (χ0v) is 21.2. The third-order valence-corrected chi connectivity index (χ3v) is 6.41. The van der Waals surface area contributed by atoms with E-state index in [1.165, 1.54) is 12.1 Å². The Labute approximate surface area is 214 Å². The van der Waals surface area contributed by atoms with Gasteiger partial charge in [-0.1, -0.05) is 50.2 Å². The summed E-state index contributed by atoms with van der Waals surface area (Å²) in [6.07, 6.45) is -1.94. The van der Waals surface area contributed by atoms with Crippen LogP contribution in [0, 0.1) is 0 Å². The van der Waals surface area contributed by atoms with Crippen LogP contribution in [0.15, 0.2) is 59.8 Å². The third kappa shape index (κ3) is 6.21. The van der Waals surface area contributed by atoms with Crippen molar-refractivity contribution in [2.24, 2.45) is 0 Å². The molecule has 0 saturated carbocycles. The number of rotatable bonds is 9. The molecule has 0 amide bonds. The molecular weight excluding hydrogens is 481 g/mol. The predicted octanol–water partition coefficient (Wildman–Crippen LogP) is 6.23. The largest absolute Gasteiger partial charge is 0.463 e. The molecule has 9 heteroatoms. The van der Waals surface area contributed by atoms with Gasteiger partial charge in [-0.25, -0.2) is 4.79 Å². The standard InChI is InChI=1S/C28H31F3N4O2/c1-4-37-27(36)23-6-5-7-24(23)32-16-25-33-34-26(18(2)3)35(25)17-19-8-10-20(11-9-19)21-12-14-22(15-13-21)28(29,30)31/h8-15,18,32H,4-7,16-17H2,1-3H3. The van der Waals surface area contributed by atoms with Gasteiger partial charge in [0.05, 0.1) is 30.8 Å². The molecule has 0 bridgehead atoms. The van der Waals surface area contributed by atoms with Crippen LogP contribution in [0.5, 0.6) is 0 Å². The van der Waals surface area contributed by atoms with Crippen LogP contribution in [0.25, 0.3) is 11.1 Å². The lowest BCUT2D eigenvalue weighted by Crippen LogP contribution is -2.20. The fourth-order valence-corrected chi connectivity index (χ4v) is 4.48. The summed E-state index contributed by atoms with van der Waals surface area (Å²) < 4.78 is 45.9. The van der Waals surface area contributed by atoms with E-state index in [-0.39, 0.29) is 11.9 Å². The lowest BCUT2D eigenvalue weighted by molar-refractivity contribution is -0.139. The van der Waals surface area contributed by atoms with E-state index in [1.54, 1.807) is 6.92 Å². The van der Waals surface area contributed by atoms with Crippen LogP contribution in [0.2, 0.25) is 0 Å². The van der Waals surface area contributed by atoms with Crippen molar-refractivity contribution in [3.8, 4) is 11.1 Å². The summed E-state index contributed by atoms with van der Waals surface area (Å²) in [7, 11) is 0. The van der Waals surface area contributed by atoms with Gasteiger partial charge in [0.15, 0.2) is 5.82 Å². The summed E-state index contributed by atoms with van der Waals surface area (Å²) in [4.78, 5) is 12.3. The molecule has 0 spiro atoms. The van der Waals surface area contributed by atoms with Gasteiger partial charge in [-0.15, -0.1) is 10.2 Å². The molecule has 1 aromatic heterocycles. The Morgan fingerprint density at radius 1 is 1.03 bits per heavy atom. The molecule has 4 rings (SSSR count). The number of carbonyl (C=O) groups excluding carboxylic acids is 1. The van der Waals surface area contributed by atoms with Crippen LogP contribution in [-0.4, -0.2) is 27.3 Å². The van der Waals surface area contributed by atoms with E-state index in [1.807, 2.05) is 24.3 Å². The molecule has 0 unspecified atom stereocenters.